The van der Waals surface area contributed by atoms with Crippen LogP contribution in [0.5, 0.6) is 5.75 Å². The van der Waals surface area contributed by atoms with Crippen LogP contribution in [0.15, 0.2) is 60.8 Å². The second-order valence-corrected chi connectivity index (χ2v) is 4.56. The van der Waals surface area contributed by atoms with E-state index in [-0.39, 0.29) is 0 Å². The third kappa shape index (κ3) is 2.49. The number of rotatable bonds is 1. The first-order chi connectivity index (χ1) is 10.3. The van der Waals surface area contributed by atoms with Crippen LogP contribution in [-0.2, 0) is 0 Å². The van der Waals surface area contributed by atoms with E-state index < -0.39 is 12.1 Å². The molecule has 0 aromatic heterocycles. The van der Waals surface area contributed by atoms with E-state index in [9.17, 15) is 10.1 Å². The standard InChI is InChI=1S/C17H12N2O2/c18-12-16-15-9-5-4-6-13(15)10-11-19(16)17(20)21-14-7-2-1-3-8-14/h1-11,16H. The molecule has 0 spiro atoms. The highest BCUT2D eigenvalue weighted by Gasteiger charge is 2.29. The van der Waals surface area contributed by atoms with Crippen LogP contribution in [0.2, 0.25) is 0 Å². The molecule has 0 N–H and O–H groups in total. The zero-order chi connectivity index (χ0) is 14.7. The number of amides is 1. The Hall–Kier alpha value is -3.06. The van der Waals surface area contributed by atoms with Crippen molar-refractivity contribution in [1.29, 1.82) is 5.26 Å². The molecule has 0 radical (unpaired) electrons. The van der Waals surface area contributed by atoms with Crippen molar-refractivity contribution in [2.45, 2.75) is 6.04 Å². The van der Waals surface area contributed by atoms with Gasteiger partial charge in [0.25, 0.3) is 0 Å². The van der Waals surface area contributed by atoms with E-state index in [1.807, 2.05) is 30.3 Å². The molecule has 0 aliphatic carbocycles. The minimum atomic E-state index is -0.678. The molecule has 1 atom stereocenters. The number of ether oxygens (including phenoxy) is 1. The number of nitrogens with zero attached hydrogens (tertiary/aromatic N) is 2. The first kappa shape index (κ1) is 12.9. The van der Waals surface area contributed by atoms with Gasteiger partial charge in [0.2, 0.25) is 0 Å². The van der Waals surface area contributed by atoms with E-state index >= 15 is 0 Å². The predicted molar refractivity (Wildman–Crippen MR) is 78.1 cm³/mol. The van der Waals surface area contributed by atoms with Crippen LogP contribution in [-0.4, -0.2) is 11.0 Å². The zero-order valence-corrected chi connectivity index (χ0v) is 11.1. The maximum absolute atomic E-state index is 12.2. The average molecular weight is 276 g/mol. The van der Waals surface area contributed by atoms with Crippen LogP contribution < -0.4 is 4.74 Å². The highest BCUT2D eigenvalue weighted by atomic mass is 16.6. The van der Waals surface area contributed by atoms with Crippen LogP contribution in [0.3, 0.4) is 0 Å². The van der Waals surface area contributed by atoms with Gasteiger partial charge in [-0.05, 0) is 29.3 Å². The number of carbonyl (C=O) groups excluding carboxylic acids is 1. The first-order valence-corrected chi connectivity index (χ1v) is 6.51. The van der Waals surface area contributed by atoms with Crippen molar-refractivity contribution in [2.75, 3.05) is 0 Å². The van der Waals surface area contributed by atoms with E-state index in [1.165, 1.54) is 4.90 Å². The molecule has 102 valence electrons. The summed E-state index contributed by atoms with van der Waals surface area (Å²) in [6.45, 7) is 0. The molecule has 21 heavy (non-hydrogen) atoms. The third-order valence-corrected chi connectivity index (χ3v) is 3.26. The number of hydrogen-bond donors (Lipinski definition) is 0. The summed E-state index contributed by atoms with van der Waals surface area (Å²) in [7, 11) is 0. The summed E-state index contributed by atoms with van der Waals surface area (Å²) >= 11 is 0. The van der Waals surface area contributed by atoms with Gasteiger partial charge in [-0.25, -0.2) is 4.79 Å². The smallest absolute Gasteiger partial charge is 0.410 e. The SMILES string of the molecule is N#CC1c2ccccc2C=CN1C(=O)Oc1ccccc1. The minimum Gasteiger partial charge on any atom is -0.410 e. The van der Waals surface area contributed by atoms with Crippen LogP contribution in [0.1, 0.15) is 17.2 Å². The number of fused-ring (bicyclic) bond motifs is 1. The number of para-hydroxylation sites is 1. The highest BCUT2D eigenvalue weighted by Crippen LogP contribution is 2.30. The molecule has 0 saturated carbocycles. The molecular weight excluding hydrogens is 264 g/mol. The Labute approximate surface area is 122 Å². The molecule has 0 fully saturated rings. The number of nitriles is 1. The van der Waals surface area contributed by atoms with Crippen molar-refractivity contribution in [3.63, 3.8) is 0 Å². The Morgan fingerprint density at radius 3 is 2.57 bits per heavy atom. The lowest BCUT2D eigenvalue weighted by molar-refractivity contribution is 0.162. The van der Waals surface area contributed by atoms with Crippen LogP contribution in [0.4, 0.5) is 4.79 Å². The van der Waals surface area contributed by atoms with Gasteiger partial charge in [-0.3, -0.25) is 4.90 Å². The second kappa shape index (κ2) is 5.51. The molecule has 4 heteroatoms. The Kier molecular flexibility index (Phi) is 3.40. The fourth-order valence-electron chi connectivity index (χ4n) is 2.25. The van der Waals surface area contributed by atoms with Gasteiger partial charge in [0, 0.05) is 6.20 Å². The Bertz CT molecular complexity index is 732. The van der Waals surface area contributed by atoms with Crippen LogP contribution in [0, 0.1) is 11.3 Å². The number of benzene rings is 2. The molecule has 3 rings (SSSR count). The predicted octanol–water partition coefficient (Wildman–Crippen LogP) is 3.74. The number of carbonyl (C=O) groups is 1. The second-order valence-electron chi connectivity index (χ2n) is 4.56. The summed E-state index contributed by atoms with van der Waals surface area (Å²) in [6, 6.07) is 17.8. The maximum Gasteiger partial charge on any atom is 0.420 e. The Morgan fingerprint density at radius 2 is 1.81 bits per heavy atom. The molecular formula is C17H12N2O2. The van der Waals surface area contributed by atoms with Gasteiger partial charge in [-0.1, -0.05) is 42.5 Å². The highest BCUT2D eigenvalue weighted by molar-refractivity contribution is 5.76. The summed E-state index contributed by atoms with van der Waals surface area (Å²) in [6.07, 6.45) is 2.82. The lowest BCUT2D eigenvalue weighted by Crippen LogP contribution is -2.33. The van der Waals surface area contributed by atoms with Crippen molar-refractivity contribution in [3.05, 3.63) is 71.9 Å². The topological polar surface area (TPSA) is 53.3 Å². The van der Waals surface area contributed by atoms with Crippen molar-refractivity contribution >= 4 is 12.2 Å². The van der Waals surface area contributed by atoms with E-state index in [1.54, 1.807) is 36.5 Å². The van der Waals surface area contributed by atoms with Crippen molar-refractivity contribution in [3.8, 4) is 11.8 Å². The van der Waals surface area contributed by atoms with E-state index in [0.29, 0.717) is 5.75 Å². The van der Waals surface area contributed by atoms with Crippen molar-refractivity contribution in [1.82, 2.24) is 4.90 Å². The van der Waals surface area contributed by atoms with Gasteiger partial charge in [-0.2, -0.15) is 5.26 Å². The Balaban J connectivity index is 1.87. The van der Waals surface area contributed by atoms with Gasteiger partial charge in [0.15, 0.2) is 6.04 Å². The molecule has 1 aliphatic heterocycles. The molecule has 2 aromatic rings. The van der Waals surface area contributed by atoms with E-state index in [2.05, 4.69) is 6.07 Å². The third-order valence-electron chi connectivity index (χ3n) is 3.26. The summed E-state index contributed by atoms with van der Waals surface area (Å²) < 4.78 is 5.29. The molecule has 2 aromatic carbocycles. The largest absolute Gasteiger partial charge is 0.420 e. The van der Waals surface area contributed by atoms with Gasteiger partial charge >= 0.3 is 6.09 Å². The van der Waals surface area contributed by atoms with E-state index in [0.717, 1.165) is 11.1 Å². The molecule has 1 heterocycles. The quantitative estimate of drug-likeness (QED) is 0.797. The molecule has 1 unspecified atom stereocenters. The van der Waals surface area contributed by atoms with Crippen molar-refractivity contribution < 1.29 is 9.53 Å². The molecule has 1 amide bonds. The summed E-state index contributed by atoms with van der Waals surface area (Å²) in [5.41, 5.74) is 1.74. The minimum absolute atomic E-state index is 0.450. The fraction of sp³-hybridized carbons (Fsp3) is 0.0588. The molecule has 0 bridgehead atoms. The summed E-state index contributed by atoms with van der Waals surface area (Å²) in [4.78, 5) is 13.5. The Morgan fingerprint density at radius 1 is 1.10 bits per heavy atom. The maximum atomic E-state index is 12.2. The summed E-state index contributed by atoms with van der Waals surface area (Å²) in [5, 5.41) is 9.39. The van der Waals surface area contributed by atoms with Gasteiger partial charge in [-0.15, -0.1) is 0 Å². The lowest BCUT2D eigenvalue weighted by atomic mass is 9.97. The average Bonchev–Trinajstić information content (AvgIpc) is 2.54. The zero-order valence-electron chi connectivity index (χ0n) is 11.1. The van der Waals surface area contributed by atoms with E-state index in [4.69, 9.17) is 4.74 Å². The molecule has 1 aliphatic rings. The molecule has 4 nitrogen and oxygen atoms in total. The first-order valence-electron chi connectivity index (χ1n) is 6.51. The number of hydrogen-bond acceptors (Lipinski definition) is 3. The van der Waals surface area contributed by atoms with Crippen LogP contribution in [0.25, 0.3) is 6.08 Å². The van der Waals surface area contributed by atoms with Gasteiger partial charge < -0.3 is 4.74 Å². The van der Waals surface area contributed by atoms with Crippen molar-refractivity contribution in [2.24, 2.45) is 0 Å². The molecule has 0 saturated heterocycles. The lowest BCUT2D eigenvalue weighted by Gasteiger charge is -2.27. The fourth-order valence-corrected chi connectivity index (χ4v) is 2.25. The van der Waals surface area contributed by atoms with Crippen LogP contribution >= 0.6 is 0 Å². The normalized spacial score (nSPS) is 16.0. The monoisotopic (exact) mass is 276 g/mol. The van der Waals surface area contributed by atoms with Gasteiger partial charge in [0.05, 0.1) is 6.07 Å². The summed E-state index contributed by atoms with van der Waals surface area (Å²) in [5.74, 6) is 0.450. The van der Waals surface area contributed by atoms with Gasteiger partial charge in [0.1, 0.15) is 5.75 Å².